The minimum Gasteiger partial charge on any atom is -0.336 e. The summed E-state index contributed by atoms with van der Waals surface area (Å²) in [4.78, 5) is 16.5. The van der Waals surface area contributed by atoms with Gasteiger partial charge in [0.2, 0.25) is 5.91 Å². The van der Waals surface area contributed by atoms with E-state index in [0.717, 1.165) is 30.3 Å². The number of amides is 1. The summed E-state index contributed by atoms with van der Waals surface area (Å²) in [7, 11) is 0. The normalized spacial score (nSPS) is 22.3. The molecule has 1 amide bonds. The van der Waals surface area contributed by atoms with Gasteiger partial charge in [-0.25, -0.2) is 4.98 Å². The molecular weight excluding hydrogens is 256 g/mol. The summed E-state index contributed by atoms with van der Waals surface area (Å²) in [5, 5.41) is 7.61. The number of anilines is 1. The number of carbonyl (C=O) groups excluding carboxylic acids is 1. The first-order valence-corrected chi connectivity index (χ1v) is 6.92. The van der Waals surface area contributed by atoms with Crippen molar-refractivity contribution in [3.8, 4) is 0 Å². The molecule has 2 atom stereocenters. The van der Waals surface area contributed by atoms with Gasteiger partial charge in [-0.3, -0.25) is 4.79 Å². The van der Waals surface area contributed by atoms with E-state index in [1.54, 1.807) is 6.20 Å². The average molecular weight is 274 g/mol. The van der Waals surface area contributed by atoms with E-state index in [2.05, 4.69) is 15.5 Å². The molecule has 3 N–H and O–H groups in total. The second-order valence-electron chi connectivity index (χ2n) is 5.37. The molecule has 1 saturated carbocycles. The second-order valence-corrected chi connectivity index (χ2v) is 5.37. The van der Waals surface area contributed by atoms with E-state index in [1.165, 1.54) is 0 Å². The van der Waals surface area contributed by atoms with Crippen LogP contribution in [0.4, 0.5) is 5.69 Å². The van der Waals surface area contributed by atoms with Gasteiger partial charge < -0.3 is 15.6 Å². The van der Waals surface area contributed by atoms with Gasteiger partial charge >= 0.3 is 0 Å². The van der Waals surface area contributed by atoms with Crippen LogP contribution in [0.2, 0.25) is 0 Å². The Morgan fingerprint density at radius 2 is 2.40 bits per heavy atom. The summed E-state index contributed by atoms with van der Waals surface area (Å²) in [5.41, 5.74) is 7.66. The van der Waals surface area contributed by atoms with Crippen molar-refractivity contribution in [1.29, 1.82) is 0 Å². The largest absolute Gasteiger partial charge is 0.336 e. The summed E-state index contributed by atoms with van der Waals surface area (Å²) >= 11 is 0. The van der Waals surface area contributed by atoms with Gasteiger partial charge in [0, 0.05) is 5.92 Å². The Morgan fingerprint density at radius 1 is 1.55 bits per heavy atom. The highest BCUT2D eigenvalue weighted by Crippen LogP contribution is 2.32. The maximum Gasteiger partial charge on any atom is 0.258 e. The molecule has 20 heavy (non-hydrogen) atoms. The molecule has 106 valence electrons. The van der Waals surface area contributed by atoms with E-state index in [4.69, 9.17) is 10.3 Å². The molecule has 0 saturated heterocycles. The van der Waals surface area contributed by atoms with Gasteiger partial charge in [-0.15, -0.1) is 0 Å². The van der Waals surface area contributed by atoms with Crippen molar-refractivity contribution < 1.29 is 9.32 Å². The lowest BCUT2D eigenvalue weighted by Crippen LogP contribution is -2.29. The molecular formula is C14H18N4O2. The van der Waals surface area contributed by atoms with Crippen molar-refractivity contribution >= 4 is 22.7 Å². The zero-order valence-corrected chi connectivity index (χ0v) is 11.4. The van der Waals surface area contributed by atoms with Crippen LogP contribution >= 0.6 is 0 Å². The SMILES string of the molecule is Cc1noc2ncc(NC(=O)[C@@H]3CCC[C@@H]3CN)cc12. The van der Waals surface area contributed by atoms with Crippen LogP contribution in [-0.2, 0) is 4.79 Å². The highest BCUT2D eigenvalue weighted by Gasteiger charge is 2.31. The Bertz CT molecular complexity index is 637. The second kappa shape index (κ2) is 5.20. The van der Waals surface area contributed by atoms with Crippen LogP contribution in [0.1, 0.15) is 25.0 Å². The number of pyridine rings is 1. The summed E-state index contributed by atoms with van der Waals surface area (Å²) in [5.74, 6) is 0.344. The fourth-order valence-electron chi connectivity index (χ4n) is 2.91. The van der Waals surface area contributed by atoms with E-state index in [0.29, 0.717) is 23.9 Å². The highest BCUT2D eigenvalue weighted by atomic mass is 16.5. The number of nitrogens with one attached hydrogen (secondary N) is 1. The molecule has 0 aromatic carbocycles. The fourth-order valence-corrected chi connectivity index (χ4v) is 2.91. The van der Waals surface area contributed by atoms with Gasteiger partial charge in [-0.05, 0) is 38.3 Å². The molecule has 0 aliphatic heterocycles. The van der Waals surface area contributed by atoms with Crippen molar-refractivity contribution in [2.24, 2.45) is 17.6 Å². The van der Waals surface area contributed by atoms with Crippen molar-refractivity contribution in [2.45, 2.75) is 26.2 Å². The number of nitrogens with zero attached hydrogens (tertiary/aromatic N) is 2. The van der Waals surface area contributed by atoms with Crippen molar-refractivity contribution in [1.82, 2.24) is 10.1 Å². The minimum atomic E-state index is 0.0132. The number of hydrogen-bond donors (Lipinski definition) is 2. The Kier molecular flexibility index (Phi) is 3.40. The van der Waals surface area contributed by atoms with Crippen LogP contribution in [0, 0.1) is 18.8 Å². The molecule has 0 bridgehead atoms. The maximum atomic E-state index is 12.3. The van der Waals surface area contributed by atoms with Gasteiger partial charge in [-0.2, -0.15) is 0 Å². The Balaban J connectivity index is 1.78. The van der Waals surface area contributed by atoms with Crippen LogP contribution in [0.5, 0.6) is 0 Å². The minimum absolute atomic E-state index is 0.0132. The number of carbonyl (C=O) groups is 1. The lowest BCUT2D eigenvalue weighted by molar-refractivity contribution is -0.120. The molecule has 1 fully saturated rings. The molecule has 0 radical (unpaired) electrons. The van der Waals surface area contributed by atoms with E-state index in [1.807, 2.05) is 13.0 Å². The van der Waals surface area contributed by atoms with Gasteiger partial charge in [0.1, 0.15) is 0 Å². The third-order valence-electron chi connectivity index (χ3n) is 4.08. The van der Waals surface area contributed by atoms with E-state index >= 15 is 0 Å². The van der Waals surface area contributed by atoms with Crippen molar-refractivity contribution in [2.75, 3.05) is 11.9 Å². The quantitative estimate of drug-likeness (QED) is 0.890. The van der Waals surface area contributed by atoms with Gasteiger partial charge in [0.05, 0.1) is 23.0 Å². The Morgan fingerprint density at radius 3 is 3.20 bits per heavy atom. The zero-order chi connectivity index (χ0) is 14.1. The third-order valence-corrected chi connectivity index (χ3v) is 4.08. The predicted octanol–water partition coefficient (Wildman–Crippen LogP) is 1.84. The molecule has 1 aliphatic rings. The molecule has 2 heterocycles. The molecule has 6 nitrogen and oxygen atoms in total. The number of nitrogens with two attached hydrogens (primary N) is 1. The number of fused-ring (bicyclic) bond motifs is 1. The molecule has 3 rings (SSSR count). The first-order chi connectivity index (χ1) is 9.69. The maximum absolute atomic E-state index is 12.3. The summed E-state index contributed by atoms with van der Waals surface area (Å²) in [6.45, 7) is 2.42. The Labute approximate surface area is 116 Å². The Hall–Kier alpha value is -1.95. The molecule has 2 aromatic rings. The average Bonchev–Trinajstić information content (AvgIpc) is 3.06. The van der Waals surface area contributed by atoms with Crippen LogP contribution in [0.15, 0.2) is 16.8 Å². The first-order valence-electron chi connectivity index (χ1n) is 6.92. The van der Waals surface area contributed by atoms with Gasteiger partial charge in [-0.1, -0.05) is 11.6 Å². The molecule has 0 spiro atoms. The number of rotatable bonds is 3. The summed E-state index contributed by atoms with van der Waals surface area (Å²) in [6.07, 6.45) is 4.62. The monoisotopic (exact) mass is 274 g/mol. The van der Waals surface area contributed by atoms with Crippen LogP contribution < -0.4 is 11.1 Å². The number of hydrogen-bond acceptors (Lipinski definition) is 5. The molecule has 1 aliphatic carbocycles. The van der Waals surface area contributed by atoms with Crippen LogP contribution in [0.25, 0.3) is 11.1 Å². The molecule has 6 heteroatoms. The smallest absolute Gasteiger partial charge is 0.258 e. The standard InChI is InChI=1S/C14H18N4O2/c1-8-12-5-10(7-16-14(12)20-18-8)17-13(19)11-4-2-3-9(11)6-15/h5,7,9,11H,2-4,6,15H2,1H3,(H,17,19)/t9-,11-/m1/s1. The first kappa shape index (κ1) is 13.1. The van der Waals surface area contributed by atoms with Crippen molar-refractivity contribution in [3.63, 3.8) is 0 Å². The van der Waals surface area contributed by atoms with Crippen molar-refractivity contribution in [3.05, 3.63) is 18.0 Å². The number of aryl methyl sites for hydroxylation is 1. The molecule has 2 aromatic heterocycles. The molecule has 0 unspecified atom stereocenters. The van der Waals surface area contributed by atoms with Crippen LogP contribution in [-0.4, -0.2) is 22.6 Å². The predicted molar refractivity (Wildman–Crippen MR) is 75.1 cm³/mol. The zero-order valence-electron chi connectivity index (χ0n) is 11.4. The number of aromatic nitrogens is 2. The van der Waals surface area contributed by atoms with E-state index < -0.39 is 0 Å². The van der Waals surface area contributed by atoms with E-state index in [-0.39, 0.29) is 11.8 Å². The van der Waals surface area contributed by atoms with Gasteiger partial charge in [0.15, 0.2) is 0 Å². The highest BCUT2D eigenvalue weighted by molar-refractivity contribution is 5.94. The van der Waals surface area contributed by atoms with Gasteiger partial charge in [0.25, 0.3) is 5.71 Å². The summed E-state index contributed by atoms with van der Waals surface area (Å²) in [6, 6.07) is 1.85. The lowest BCUT2D eigenvalue weighted by Gasteiger charge is -2.17. The topological polar surface area (TPSA) is 94.0 Å². The fraction of sp³-hybridized carbons (Fsp3) is 0.500. The van der Waals surface area contributed by atoms with Crippen LogP contribution in [0.3, 0.4) is 0 Å². The van der Waals surface area contributed by atoms with E-state index in [9.17, 15) is 4.79 Å². The third kappa shape index (κ3) is 2.27. The lowest BCUT2D eigenvalue weighted by atomic mass is 9.95. The summed E-state index contributed by atoms with van der Waals surface area (Å²) < 4.78 is 5.05.